The Hall–Kier alpha value is -0.820. The van der Waals surface area contributed by atoms with Crippen LogP contribution < -0.4 is 10.0 Å². The lowest BCUT2D eigenvalue weighted by atomic mass is 10.1. The van der Waals surface area contributed by atoms with E-state index >= 15 is 0 Å². The standard InChI is InChI=1S/C14H20Cl2N2O3S/c1-9(2)6-7-17-14(19)10(3)18-22(20,21)13-8-11(15)4-5-12(13)16/h4-5,8-10,18H,6-7H2,1-3H3,(H,17,19)/t10-/m1/s1. The van der Waals surface area contributed by atoms with Gasteiger partial charge in [0.2, 0.25) is 15.9 Å². The van der Waals surface area contributed by atoms with Gasteiger partial charge in [0, 0.05) is 11.6 Å². The van der Waals surface area contributed by atoms with E-state index in [1.165, 1.54) is 25.1 Å². The molecule has 1 aromatic carbocycles. The smallest absolute Gasteiger partial charge is 0.242 e. The topological polar surface area (TPSA) is 75.3 Å². The molecule has 0 radical (unpaired) electrons. The van der Waals surface area contributed by atoms with Gasteiger partial charge in [0.05, 0.1) is 11.1 Å². The molecule has 0 fully saturated rings. The minimum Gasteiger partial charge on any atom is -0.355 e. The van der Waals surface area contributed by atoms with Crippen molar-refractivity contribution in [2.45, 2.75) is 38.1 Å². The van der Waals surface area contributed by atoms with Crippen molar-refractivity contribution in [1.82, 2.24) is 10.0 Å². The lowest BCUT2D eigenvalue weighted by molar-refractivity contribution is -0.122. The average molecular weight is 367 g/mol. The molecule has 0 aromatic heterocycles. The number of carbonyl (C=O) groups excluding carboxylic acids is 1. The summed E-state index contributed by atoms with van der Waals surface area (Å²) in [5, 5.41) is 2.98. The third-order valence-corrected chi connectivity index (χ3v) is 5.19. The van der Waals surface area contributed by atoms with E-state index < -0.39 is 16.1 Å². The molecule has 22 heavy (non-hydrogen) atoms. The average Bonchev–Trinajstić information content (AvgIpc) is 2.40. The lowest BCUT2D eigenvalue weighted by Crippen LogP contribution is -2.45. The number of rotatable bonds is 7. The predicted octanol–water partition coefficient (Wildman–Crippen LogP) is 2.82. The quantitative estimate of drug-likeness (QED) is 0.778. The Labute approximate surface area is 141 Å². The maximum Gasteiger partial charge on any atom is 0.242 e. The number of amides is 1. The van der Waals surface area contributed by atoms with Crippen LogP contribution in [0, 0.1) is 5.92 Å². The molecule has 0 aliphatic heterocycles. The maximum atomic E-state index is 12.3. The van der Waals surface area contributed by atoms with Gasteiger partial charge < -0.3 is 5.32 Å². The highest BCUT2D eigenvalue weighted by Crippen LogP contribution is 2.24. The number of sulfonamides is 1. The Morgan fingerprint density at radius 2 is 1.86 bits per heavy atom. The van der Waals surface area contributed by atoms with Gasteiger partial charge >= 0.3 is 0 Å². The number of carbonyl (C=O) groups is 1. The number of nitrogens with one attached hydrogen (secondary N) is 2. The second-order valence-corrected chi connectivity index (χ2v) is 7.92. The molecule has 0 bridgehead atoms. The summed E-state index contributed by atoms with van der Waals surface area (Å²) >= 11 is 11.7. The highest BCUT2D eigenvalue weighted by Gasteiger charge is 2.24. The second kappa shape index (κ2) is 8.15. The summed E-state index contributed by atoms with van der Waals surface area (Å²) in [6.07, 6.45) is 0.825. The van der Waals surface area contributed by atoms with Crippen molar-refractivity contribution in [3.05, 3.63) is 28.2 Å². The van der Waals surface area contributed by atoms with E-state index in [0.717, 1.165) is 6.42 Å². The van der Waals surface area contributed by atoms with Crippen LogP contribution in [0.25, 0.3) is 0 Å². The molecule has 1 amide bonds. The van der Waals surface area contributed by atoms with Gasteiger partial charge in [0.15, 0.2) is 0 Å². The molecule has 124 valence electrons. The van der Waals surface area contributed by atoms with E-state index in [-0.39, 0.29) is 20.8 Å². The first kappa shape index (κ1) is 19.2. The Morgan fingerprint density at radius 1 is 1.23 bits per heavy atom. The number of halogens is 2. The van der Waals surface area contributed by atoms with Crippen LogP contribution in [0.1, 0.15) is 27.2 Å². The van der Waals surface area contributed by atoms with E-state index in [0.29, 0.717) is 12.5 Å². The fraction of sp³-hybridized carbons (Fsp3) is 0.500. The van der Waals surface area contributed by atoms with Crippen LogP contribution in [0.15, 0.2) is 23.1 Å². The second-order valence-electron chi connectivity index (χ2n) is 5.39. The summed E-state index contributed by atoms with van der Waals surface area (Å²) in [5.74, 6) is 0.0694. The van der Waals surface area contributed by atoms with Crippen LogP contribution in [0.2, 0.25) is 10.0 Å². The van der Waals surface area contributed by atoms with Crippen LogP contribution in [-0.4, -0.2) is 26.9 Å². The first-order valence-electron chi connectivity index (χ1n) is 6.88. The Bertz CT molecular complexity index is 633. The van der Waals surface area contributed by atoms with Crippen molar-refractivity contribution in [2.24, 2.45) is 5.92 Å². The fourth-order valence-electron chi connectivity index (χ4n) is 1.67. The van der Waals surface area contributed by atoms with E-state index in [9.17, 15) is 13.2 Å². The Balaban J connectivity index is 2.75. The van der Waals surface area contributed by atoms with Crippen LogP contribution >= 0.6 is 23.2 Å². The van der Waals surface area contributed by atoms with Gasteiger partial charge in [-0.15, -0.1) is 0 Å². The van der Waals surface area contributed by atoms with Crippen LogP contribution in [0.5, 0.6) is 0 Å². The predicted molar refractivity (Wildman–Crippen MR) is 88.7 cm³/mol. The summed E-state index contributed by atoms with van der Waals surface area (Å²) < 4.78 is 26.8. The summed E-state index contributed by atoms with van der Waals surface area (Å²) in [5.41, 5.74) is 0. The normalized spacial score (nSPS) is 13.2. The van der Waals surface area contributed by atoms with E-state index in [4.69, 9.17) is 23.2 Å². The summed E-state index contributed by atoms with van der Waals surface area (Å²) in [6, 6.07) is 3.22. The summed E-state index contributed by atoms with van der Waals surface area (Å²) in [4.78, 5) is 11.7. The number of hydrogen-bond donors (Lipinski definition) is 2. The molecule has 0 unspecified atom stereocenters. The first-order valence-corrected chi connectivity index (χ1v) is 9.12. The molecule has 8 heteroatoms. The molecule has 0 heterocycles. The molecule has 0 aliphatic carbocycles. The third kappa shape index (κ3) is 5.76. The molecular formula is C14H20Cl2N2O3S. The largest absolute Gasteiger partial charge is 0.355 e. The maximum absolute atomic E-state index is 12.3. The van der Waals surface area contributed by atoms with Gasteiger partial charge in [-0.1, -0.05) is 37.0 Å². The van der Waals surface area contributed by atoms with Crippen molar-refractivity contribution < 1.29 is 13.2 Å². The van der Waals surface area contributed by atoms with Crippen molar-refractivity contribution in [3.8, 4) is 0 Å². The Kier molecular flexibility index (Phi) is 7.12. The van der Waals surface area contributed by atoms with E-state index in [1.807, 2.05) is 13.8 Å². The van der Waals surface area contributed by atoms with Crippen molar-refractivity contribution in [3.63, 3.8) is 0 Å². The minimum atomic E-state index is -3.93. The third-order valence-electron chi connectivity index (χ3n) is 2.93. The van der Waals surface area contributed by atoms with E-state index in [1.54, 1.807) is 0 Å². The number of hydrogen-bond acceptors (Lipinski definition) is 3. The molecule has 0 spiro atoms. The first-order chi connectivity index (χ1) is 10.1. The zero-order valence-corrected chi connectivity index (χ0v) is 15.0. The van der Waals surface area contributed by atoms with Crippen molar-refractivity contribution in [2.75, 3.05) is 6.54 Å². The van der Waals surface area contributed by atoms with Gasteiger partial charge in [-0.25, -0.2) is 8.42 Å². The van der Waals surface area contributed by atoms with Gasteiger partial charge in [0.1, 0.15) is 4.90 Å². The van der Waals surface area contributed by atoms with Crippen molar-refractivity contribution in [1.29, 1.82) is 0 Å². The molecule has 0 saturated carbocycles. The molecule has 1 atom stereocenters. The highest BCUT2D eigenvalue weighted by atomic mass is 35.5. The molecule has 0 aliphatic rings. The fourth-order valence-corrected chi connectivity index (χ4v) is 3.64. The Morgan fingerprint density at radius 3 is 2.45 bits per heavy atom. The molecule has 2 N–H and O–H groups in total. The van der Waals surface area contributed by atoms with Crippen LogP contribution in [0.3, 0.4) is 0 Å². The zero-order valence-electron chi connectivity index (χ0n) is 12.7. The van der Waals surface area contributed by atoms with Crippen molar-refractivity contribution >= 4 is 39.1 Å². The number of benzene rings is 1. The van der Waals surface area contributed by atoms with Gasteiger partial charge in [-0.2, -0.15) is 4.72 Å². The molecule has 1 rings (SSSR count). The monoisotopic (exact) mass is 366 g/mol. The van der Waals surface area contributed by atoms with Crippen LogP contribution in [-0.2, 0) is 14.8 Å². The van der Waals surface area contributed by atoms with Crippen LogP contribution in [0.4, 0.5) is 0 Å². The van der Waals surface area contributed by atoms with Gasteiger partial charge in [0.25, 0.3) is 0 Å². The van der Waals surface area contributed by atoms with Gasteiger partial charge in [-0.3, -0.25) is 4.79 Å². The summed E-state index contributed by atoms with van der Waals surface area (Å²) in [7, 11) is -3.93. The zero-order chi connectivity index (χ0) is 16.9. The van der Waals surface area contributed by atoms with E-state index in [2.05, 4.69) is 10.0 Å². The summed E-state index contributed by atoms with van der Waals surface area (Å²) in [6.45, 7) is 6.06. The highest BCUT2D eigenvalue weighted by molar-refractivity contribution is 7.89. The molecule has 1 aromatic rings. The minimum absolute atomic E-state index is 0.0457. The van der Waals surface area contributed by atoms with Gasteiger partial charge in [-0.05, 0) is 37.5 Å². The SMILES string of the molecule is CC(C)CCNC(=O)[C@@H](C)NS(=O)(=O)c1cc(Cl)ccc1Cl. The molecule has 5 nitrogen and oxygen atoms in total. The lowest BCUT2D eigenvalue weighted by Gasteiger charge is -2.15. The molecule has 0 saturated heterocycles. The molecular weight excluding hydrogens is 347 g/mol.